The van der Waals surface area contributed by atoms with Crippen LogP contribution in [0.1, 0.15) is 72.6 Å². The van der Waals surface area contributed by atoms with Crippen molar-refractivity contribution in [2.45, 2.75) is 84.3 Å². The molecule has 1 aliphatic heterocycles. The van der Waals surface area contributed by atoms with Crippen LogP contribution in [-0.4, -0.2) is 41.8 Å². The van der Waals surface area contributed by atoms with Crippen molar-refractivity contribution in [2.75, 3.05) is 13.2 Å². The number of hydrogen-bond donors (Lipinski definition) is 0. The Labute approximate surface area is 151 Å². The number of rotatable bonds is 4. The Hall–Kier alpha value is -1.52. The Morgan fingerprint density at radius 1 is 1.28 bits per heavy atom. The first kappa shape index (κ1) is 19.8. The topological polar surface area (TPSA) is 55.8 Å². The molecule has 25 heavy (non-hydrogen) atoms. The normalized spacial score (nSPS) is 25.4. The molecule has 2 rings (SSSR count). The minimum absolute atomic E-state index is 0.138. The molecule has 0 N–H and O–H groups in total. The van der Waals surface area contributed by atoms with Crippen molar-refractivity contribution in [3.8, 4) is 0 Å². The van der Waals surface area contributed by atoms with Crippen LogP contribution in [0.2, 0.25) is 0 Å². The van der Waals surface area contributed by atoms with Gasteiger partial charge in [0.2, 0.25) is 0 Å². The summed E-state index contributed by atoms with van der Waals surface area (Å²) < 4.78 is 10.6. The third kappa shape index (κ3) is 6.05. The van der Waals surface area contributed by atoms with E-state index in [1.807, 2.05) is 32.6 Å². The lowest BCUT2D eigenvalue weighted by Gasteiger charge is -2.44. The van der Waals surface area contributed by atoms with Gasteiger partial charge in [0, 0.05) is 19.0 Å². The second-order valence-electron chi connectivity index (χ2n) is 8.09. The Morgan fingerprint density at radius 3 is 2.72 bits per heavy atom. The lowest BCUT2D eigenvalue weighted by atomic mass is 9.76. The van der Waals surface area contributed by atoms with E-state index in [0.29, 0.717) is 18.9 Å². The van der Waals surface area contributed by atoms with E-state index in [1.165, 1.54) is 12.0 Å². The molecule has 5 heteroatoms. The summed E-state index contributed by atoms with van der Waals surface area (Å²) in [5, 5.41) is 0. The maximum Gasteiger partial charge on any atom is 0.410 e. The summed E-state index contributed by atoms with van der Waals surface area (Å²) in [6, 6.07) is 0.242. The van der Waals surface area contributed by atoms with Crippen LogP contribution in [0.3, 0.4) is 0 Å². The molecule has 0 radical (unpaired) electrons. The van der Waals surface area contributed by atoms with Gasteiger partial charge < -0.3 is 14.4 Å². The molecule has 0 bridgehead atoms. The fourth-order valence-corrected chi connectivity index (χ4v) is 3.85. The van der Waals surface area contributed by atoms with Crippen molar-refractivity contribution in [2.24, 2.45) is 5.92 Å². The Balaban J connectivity index is 1.95. The van der Waals surface area contributed by atoms with Gasteiger partial charge in [0.05, 0.1) is 6.61 Å². The molecule has 2 atom stereocenters. The second kappa shape index (κ2) is 8.72. The van der Waals surface area contributed by atoms with Crippen LogP contribution < -0.4 is 0 Å². The number of amides is 1. The highest BCUT2D eigenvalue weighted by Crippen LogP contribution is 2.38. The maximum absolute atomic E-state index is 12.6. The van der Waals surface area contributed by atoms with E-state index in [1.54, 1.807) is 0 Å². The lowest BCUT2D eigenvalue weighted by Crippen LogP contribution is -2.51. The van der Waals surface area contributed by atoms with E-state index in [-0.39, 0.29) is 18.1 Å². The predicted molar refractivity (Wildman–Crippen MR) is 97.3 cm³/mol. The molecule has 0 unspecified atom stereocenters. The summed E-state index contributed by atoms with van der Waals surface area (Å²) in [5.74, 6) is 0.435. The SMILES string of the molecule is CCOC(=O)CC/C=C1\CC[C@@H]2CCCN(C(=O)OC(C)(C)C)[C@H]2C1. The number of likely N-dealkylation sites (tertiary alicyclic amines) is 1. The van der Waals surface area contributed by atoms with Gasteiger partial charge in [-0.3, -0.25) is 4.79 Å². The summed E-state index contributed by atoms with van der Waals surface area (Å²) in [4.78, 5) is 26.0. The van der Waals surface area contributed by atoms with Crippen LogP contribution >= 0.6 is 0 Å². The quantitative estimate of drug-likeness (QED) is 0.554. The monoisotopic (exact) mass is 351 g/mol. The fourth-order valence-electron chi connectivity index (χ4n) is 3.85. The summed E-state index contributed by atoms with van der Waals surface area (Å²) >= 11 is 0. The van der Waals surface area contributed by atoms with Gasteiger partial charge in [0.25, 0.3) is 0 Å². The van der Waals surface area contributed by atoms with Crippen LogP contribution in [0.15, 0.2) is 11.6 Å². The molecule has 1 amide bonds. The van der Waals surface area contributed by atoms with Gasteiger partial charge in [-0.2, -0.15) is 0 Å². The van der Waals surface area contributed by atoms with Gasteiger partial charge in [0.1, 0.15) is 5.60 Å². The summed E-state index contributed by atoms with van der Waals surface area (Å²) in [5.41, 5.74) is 0.901. The molecule has 1 saturated heterocycles. The van der Waals surface area contributed by atoms with Crippen LogP contribution in [-0.2, 0) is 14.3 Å². The molecule has 2 fully saturated rings. The first-order valence-electron chi connectivity index (χ1n) is 9.63. The van der Waals surface area contributed by atoms with E-state index in [0.717, 1.165) is 38.6 Å². The fraction of sp³-hybridized carbons (Fsp3) is 0.800. The number of ether oxygens (including phenoxy) is 2. The second-order valence-corrected chi connectivity index (χ2v) is 8.09. The van der Waals surface area contributed by atoms with Crippen molar-refractivity contribution in [3.05, 3.63) is 11.6 Å². The smallest absolute Gasteiger partial charge is 0.410 e. The Morgan fingerprint density at radius 2 is 2.04 bits per heavy atom. The van der Waals surface area contributed by atoms with E-state index in [9.17, 15) is 9.59 Å². The van der Waals surface area contributed by atoms with Crippen molar-refractivity contribution in [3.63, 3.8) is 0 Å². The highest BCUT2D eigenvalue weighted by molar-refractivity contribution is 5.69. The van der Waals surface area contributed by atoms with Gasteiger partial charge in [-0.05, 0) is 72.1 Å². The van der Waals surface area contributed by atoms with E-state index in [4.69, 9.17) is 9.47 Å². The first-order chi connectivity index (χ1) is 11.8. The van der Waals surface area contributed by atoms with Crippen LogP contribution in [0.25, 0.3) is 0 Å². The van der Waals surface area contributed by atoms with E-state index in [2.05, 4.69) is 6.08 Å². The largest absolute Gasteiger partial charge is 0.466 e. The molecule has 0 spiro atoms. The van der Waals surface area contributed by atoms with Gasteiger partial charge in [-0.25, -0.2) is 4.79 Å². The first-order valence-corrected chi connectivity index (χ1v) is 9.63. The minimum Gasteiger partial charge on any atom is -0.466 e. The zero-order valence-electron chi connectivity index (χ0n) is 16.2. The zero-order valence-corrected chi connectivity index (χ0v) is 16.2. The number of piperidine rings is 1. The number of allylic oxidation sites excluding steroid dienone is 1. The lowest BCUT2D eigenvalue weighted by molar-refractivity contribution is -0.143. The van der Waals surface area contributed by atoms with Crippen molar-refractivity contribution in [1.29, 1.82) is 0 Å². The molecule has 1 heterocycles. The number of nitrogens with zero attached hydrogens (tertiary/aromatic N) is 1. The summed E-state index contributed by atoms with van der Waals surface area (Å²) in [6.07, 6.45) is 8.50. The molecule has 5 nitrogen and oxygen atoms in total. The Kier molecular flexibility index (Phi) is 6.91. The molecule has 0 aromatic carbocycles. The average molecular weight is 351 g/mol. The van der Waals surface area contributed by atoms with Crippen molar-refractivity contribution in [1.82, 2.24) is 4.90 Å². The number of fused-ring (bicyclic) bond motifs is 1. The molecular formula is C20H33NO4. The highest BCUT2D eigenvalue weighted by Gasteiger charge is 2.38. The third-order valence-corrected chi connectivity index (χ3v) is 4.94. The van der Waals surface area contributed by atoms with Crippen LogP contribution in [0, 0.1) is 5.92 Å². The third-order valence-electron chi connectivity index (χ3n) is 4.94. The molecule has 0 aromatic rings. The van der Waals surface area contributed by atoms with E-state index < -0.39 is 5.60 Å². The van der Waals surface area contributed by atoms with Crippen LogP contribution in [0.4, 0.5) is 4.79 Å². The van der Waals surface area contributed by atoms with Gasteiger partial charge in [0.15, 0.2) is 0 Å². The molecular weight excluding hydrogens is 318 g/mol. The van der Waals surface area contributed by atoms with E-state index >= 15 is 0 Å². The molecule has 142 valence electrons. The molecule has 2 aliphatic rings. The zero-order chi connectivity index (χ0) is 18.4. The van der Waals surface area contributed by atoms with Gasteiger partial charge in [-0.15, -0.1) is 0 Å². The van der Waals surface area contributed by atoms with Gasteiger partial charge >= 0.3 is 12.1 Å². The molecule has 0 aromatic heterocycles. The number of carbonyl (C=O) groups is 2. The predicted octanol–water partition coefficient (Wildman–Crippen LogP) is 4.46. The van der Waals surface area contributed by atoms with Crippen LogP contribution in [0.5, 0.6) is 0 Å². The number of carbonyl (C=O) groups excluding carboxylic acids is 2. The van der Waals surface area contributed by atoms with Crippen molar-refractivity contribution >= 4 is 12.1 Å². The summed E-state index contributed by atoms with van der Waals surface area (Å²) in [6.45, 7) is 8.78. The van der Waals surface area contributed by atoms with Gasteiger partial charge in [-0.1, -0.05) is 11.6 Å². The number of hydrogen-bond acceptors (Lipinski definition) is 4. The maximum atomic E-state index is 12.6. The number of esters is 1. The van der Waals surface area contributed by atoms with Crippen molar-refractivity contribution < 1.29 is 19.1 Å². The average Bonchev–Trinajstić information content (AvgIpc) is 2.53. The minimum atomic E-state index is -0.461. The highest BCUT2D eigenvalue weighted by atomic mass is 16.6. The summed E-state index contributed by atoms with van der Waals surface area (Å²) in [7, 11) is 0. The molecule has 1 saturated carbocycles. The Bertz CT molecular complexity index is 506. The molecule has 1 aliphatic carbocycles. The standard InChI is InChI=1S/C20H33NO4/c1-5-24-18(22)10-6-8-15-11-12-16-9-7-13-21(17(16)14-15)19(23)25-20(2,3)4/h8,16-17H,5-7,9-14H2,1-4H3/b15-8+/t16-,17-/m0/s1.